The molecule has 0 aliphatic carbocycles. The Kier molecular flexibility index (Phi) is 6.98. The molecule has 1 fully saturated rings. The van der Waals surface area contributed by atoms with Crippen molar-refractivity contribution in [3.63, 3.8) is 0 Å². The van der Waals surface area contributed by atoms with Gasteiger partial charge in [0.2, 0.25) is 10.0 Å². The Morgan fingerprint density at radius 3 is 2.16 bits per heavy atom. The van der Waals surface area contributed by atoms with Crippen LogP contribution in [-0.2, 0) is 19.9 Å². The summed E-state index contributed by atoms with van der Waals surface area (Å²) in [5, 5.41) is 0. The Hall–Kier alpha value is -1.00. The number of piperazine rings is 1. The number of nitrogens with one attached hydrogen (secondary N) is 1. The van der Waals surface area contributed by atoms with E-state index in [4.69, 9.17) is 0 Å². The molecular weight excluding hydrogens is 362 g/mol. The number of sulfonamides is 1. The Balaban J connectivity index is 1.84. The Morgan fingerprint density at radius 1 is 0.960 bits per heavy atom. The molecule has 0 radical (unpaired) electrons. The summed E-state index contributed by atoms with van der Waals surface area (Å²) in [5.41, 5.74) is 0. The highest BCUT2D eigenvalue weighted by Crippen LogP contribution is 2.20. The number of rotatable bonds is 8. The normalized spacial score (nSPS) is 17.7. The fraction of sp³-hybridized carbons (Fsp3) is 0.625. The van der Waals surface area contributed by atoms with Crippen molar-refractivity contribution in [2.45, 2.75) is 22.6 Å². The van der Waals surface area contributed by atoms with Gasteiger partial charge in [-0.3, -0.25) is 0 Å². The molecular formula is C16H27N3O4S2. The van der Waals surface area contributed by atoms with E-state index in [9.17, 15) is 16.8 Å². The molecule has 0 aromatic heterocycles. The minimum atomic E-state index is -3.84. The van der Waals surface area contributed by atoms with Gasteiger partial charge in [0.1, 0.15) is 4.90 Å². The number of nitrogens with zero attached hydrogens (tertiary/aromatic N) is 2. The molecule has 1 aromatic carbocycles. The van der Waals surface area contributed by atoms with Gasteiger partial charge in [0.25, 0.3) is 0 Å². The van der Waals surface area contributed by atoms with E-state index in [1.165, 1.54) is 24.3 Å². The van der Waals surface area contributed by atoms with Crippen LogP contribution in [0.1, 0.15) is 12.8 Å². The standard InChI is InChI=1S/C16H27N3O4S2/c1-18-11-13-19(14-12-18)10-6-5-9-17-25(22,23)16-8-4-3-7-15(16)24(2,20)21/h3-4,7-8,17H,5-6,9-14H2,1-2H3. The number of benzene rings is 1. The van der Waals surface area contributed by atoms with Crippen LogP contribution >= 0.6 is 0 Å². The molecule has 0 atom stereocenters. The van der Waals surface area contributed by atoms with Crippen molar-refractivity contribution in [1.29, 1.82) is 0 Å². The largest absolute Gasteiger partial charge is 0.304 e. The van der Waals surface area contributed by atoms with Crippen molar-refractivity contribution in [2.75, 3.05) is 52.6 Å². The molecule has 1 aromatic rings. The van der Waals surface area contributed by atoms with Gasteiger partial charge in [-0.25, -0.2) is 21.6 Å². The third-order valence-corrected chi connectivity index (χ3v) is 7.13. The van der Waals surface area contributed by atoms with E-state index in [1.807, 2.05) is 0 Å². The molecule has 25 heavy (non-hydrogen) atoms. The second-order valence-corrected chi connectivity index (χ2v) is 10.2. The molecule has 9 heteroatoms. The lowest BCUT2D eigenvalue weighted by molar-refractivity contribution is 0.152. The molecule has 142 valence electrons. The van der Waals surface area contributed by atoms with Gasteiger partial charge < -0.3 is 9.80 Å². The van der Waals surface area contributed by atoms with Gasteiger partial charge in [-0.1, -0.05) is 12.1 Å². The maximum atomic E-state index is 12.4. The maximum absolute atomic E-state index is 12.4. The van der Waals surface area contributed by atoms with E-state index in [-0.39, 0.29) is 9.79 Å². The second-order valence-electron chi connectivity index (χ2n) is 6.47. The van der Waals surface area contributed by atoms with Crippen LogP contribution in [-0.4, -0.2) is 79.2 Å². The summed E-state index contributed by atoms with van der Waals surface area (Å²) >= 11 is 0. The summed E-state index contributed by atoms with van der Waals surface area (Å²) in [5.74, 6) is 0. The lowest BCUT2D eigenvalue weighted by atomic mass is 10.2. The number of sulfone groups is 1. The third-order valence-electron chi connectivity index (χ3n) is 4.33. The molecule has 1 N–H and O–H groups in total. The van der Waals surface area contributed by atoms with Gasteiger partial charge in [-0.2, -0.15) is 0 Å². The first kappa shape index (κ1) is 20.3. The van der Waals surface area contributed by atoms with E-state index in [1.54, 1.807) is 0 Å². The molecule has 1 saturated heterocycles. The number of hydrogen-bond acceptors (Lipinski definition) is 6. The van der Waals surface area contributed by atoms with Gasteiger partial charge in [-0.05, 0) is 38.6 Å². The van der Waals surface area contributed by atoms with Crippen molar-refractivity contribution >= 4 is 19.9 Å². The molecule has 0 amide bonds. The molecule has 1 aliphatic rings. The summed E-state index contributed by atoms with van der Waals surface area (Å²) < 4.78 is 50.9. The van der Waals surface area contributed by atoms with E-state index in [0.29, 0.717) is 13.0 Å². The summed E-state index contributed by atoms with van der Waals surface area (Å²) in [6.07, 6.45) is 2.63. The molecule has 0 spiro atoms. The van der Waals surface area contributed by atoms with Gasteiger partial charge in [0.15, 0.2) is 9.84 Å². The van der Waals surface area contributed by atoms with E-state index in [0.717, 1.165) is 45.4 Å². The average molecular weight is 390 g/mol. The summed E-state index contributed by atoms with van der Waals surface area (Å²) in [6.45, 7) is 5.47. The van der Waals surface area contributed by atoms with Crippen LogP contribution in [0, 0.1) is 0 Å². The van der Waals surface area contributed by atoms with Crippen LogP contribution in [0.3, 0.4) is 0 Å². The van der Waals surface area contributed by atoms with Crippen LogP contribution in [0.25, 0.3) is 0 Å². The highest BCUT2D eigenvalue weighted by molar-refractivity contribution is 7.93. The first-order valence-electron chi connectivity index (χ1n) is 8.40. The minimum Gasteiger partial charge on any atom is -0.304 e. The predicted molar refractivity (Wildman–Crippen MR) is 97.9 cm³/mol. The molecule has 0 bridgehead atoms. The second kappa shape index (κ2) is 8.59. The van der Waals surface area contributed by atoms with Crippen LogP contribution in [0.5, 0.6) is 0 Å². The van der Waals surface area contributed by atoms with Crippen LogP contribution in [0.4, 0.5) is 0 Å². The van der Waals surface area contributed by atoms with E-state index >= 15 is 0 Å². The lowest BCUT2D eigenvalue weighted by Gasteiger charge is -2.32. The fourth-order valence-electron chi connectivity index (χ4n) is 2.79. The Bertz CT molecular complexity index is 770. The zero-order valence-corrected chi connectivity index (χ0v) is 16.4. The summed E-state index contributed by atoms with van der Waals surface area (Å²) in [6, 6.07) is 5.68. The van der Waals surface area contributed by atoms with Gasteiger partial charge in [0, 0.05) is 39.0 Å². The van der Waals surface area contributed by atoms with Crippen molar-refractivity contribution < 1.29 is 16.8 Å². The van der Waals surface area contributed by atoms with Crippen molar-refractivity contribution in [1.82, 2.24) is 14.5 Å². The third kappa shape index (κ3) is 6.03. The van der Waals surface area contributed by atoms with Crippen molar-refractivity contribution in [3.8, 4) is 0 Å². The number of likely N-dealkylation sites (N-methyl/N-ethyl adjacent to an activating group) is 1. The fourth-order valence-corrected chi connectivity index (χ4v) is 5.50. The van der Waals surface area contributed by atoms with E-state index < -0.39 is 19.9 Å². The van der Waals surface area contributed by atoms with Gasteiger partial charge in [-0.15, -0.1) is 0 Å². The molecule has 1 heterocycles. The number of hydrogen-bond donors (Lipinski definition) is 1. The first-order chi connectivity index (χ1) is 11.7. The smallest absolute Gasteiger partial charge is 0.241 e. The highest BCUT2D eigenvalue weighted by Gasteiger charge is 2.23. The maximum Gasteiger partial charge on any atom is 0.241 e. The molecule has 0 saturated carbocycles. The molecule has 7 nitrogen and oxygen atoms in total. The SMILES string of the molecule is CN1CCN(CCCCNS(=O)(=O)c2ccccc2S(C)(=O)=O)CC1. The first-order valence-corrected chi connectivity index (χ1v) is 11.8. The van der Waals surface area contributed by atoms with Gasteiger partial charge in [0.05, 0.1) is 4.90 Å². The Labute approximate surface area is 151 Å². The minimum absolute atomic E-state index is 0.167. The van der Waals surface area contributed by atoms with Crippen molar-refractivity contribution in [3.05, 3.63) is 24.3 Å². The lowest BCUT2D eigenvalue weighted by Crippen LogP contribution is -2.44. The zero-order chi connectivity index (χ0) is 18.5. The summed E-state index contributed by atoms with van der Waals surface area (Å²) in [7, 11) is -5.33. The zero-order valence-electron chi connectivity index (χ0n) is 14.8. The molecule has 2 rings (SSSR count). The predicted octanol–water partition coefficient (Wildman–Crippen LogP) is 0.396. The Morgan fingerprint density at radius 2 is 1.56 bits per heavy atom. The highest BCUT2D eigenvalue weighted by atomic mass is 32.2. The molecule has 0 unspecified atom stereocenters. The van der Waals surface area contributed by atoms with Crippen LogP contribution < -0.4 is 4.72 Å². The summed E-state index contributed by atoms with van der Waals surface area (Å²) in [4.78, 5) is 4.33. The number of unbranched alkanes of at least 4 members (excludes halogenated alkanes) is 1. The average Bonchev–Trinajstić information content (AvgIpc) is 2.55. The molecule has 1 aliphatic heterocycles. The quantitative estimate of drug-likeness (QED) is 0.648. The monoisotopic (exact) mass is 389 g/mol. The van der Waals surface area contributed by atoms with E-state index in [2.05, 4.69) is 21.6 Å². The van der Waals surface area contributed by atoms with Crippen molar-refractivity contribution in [2.24, 2.45) is 0 Å². The van der Waals surface area contributed by atoms with Gasteiger partial charge >= 0.3 is 0 Å². The topological polar surface area (TPSA) is 86.8 Å². The van der Waals surface area contributed by atoms with Crippen LogP contribution in [0.2, 0.25) is 0 Å². The van der Waals surface area contributed by atoms with Crippen LogP contribution in [0.15, 0.2) is 34.1 Å².